The summed E-state index contributed by atoms with van der Waals surface area (Å²) in [5, 5.41) is -7.93. The van der Waals surface area contributed by atoms with E-state index in [4.69, 9.17) is 5.53 Å². The van der Waals surface area contributed by atoms with Crippen LogP contribution in [0.5, 0.6) is 0 Å². The van der Waals surface area contributed by atoms with Crippen molar-refractivity contribution in [3.8, 4) is 0 Å². The summed E-state index contributed by atoms with van der Waals surface area (Å²) in [6.45, 7) is 0. The molecule has 34 heavy (non-hydrogen) atoms. The molecule has 0 aliphatic heterocycles. The van der Waals surface area contributed by atoms with Gasteiger partial charge in [-0.3, -0.25) is 0 Å². The van der Waals surface area contributed by atoms with Gasteiger partial charge in [-0.2, -0.15) is 83.4 Å². The summed E-state index contributed by atoms with van der Waals surface area (Å²) in [5.41, 5.74) is 7.56. The average Bonchev–Trinajstić information content (AvgIpc) is 2.59. The van der Waals surface area contributed by atoms with Gasteiger partial charge in [0, 0.05) is 9.43 Å². The Morgan fingerprint density at radius 2 is 0.706 bits per heavy atom. The molecule has 0 aliphatic rings. The summed E-state index contributed by atoms with van der Waals surface area (Å²) in [6, 6.07) is 0. The number of nitrogens with zero attached hydrogens (tertiary/aromatic N) is 3. The lowest BCUT2D eigenvalue weighted by Crippen LogP contribution is -2.76. The van der Waals surface area contributed by atoms with Gasteiger partial charge in [-0.05, 0) is 5.53 Å². The zero-order chi connectivity index (χ0) is 28.4. The molecule has 0 rings (SSSR count). The van der Waals surface area contributed by atoms with Crippen molar-refractivity contribution in [2.45, 2.75) is 52.9 Å². The fourth-order valence-electron chi connectivity index (χ4n) is 1.61. The lowest BCUT2D eigenvalue weighted by atomic mass is 9.89. The van der Waals surface area contributed by atoms with Crippen LogP contribution in [-0.2, 0) is 10.0 Å². The van der Waals surface area contributed by atoms with Crippen molar-refractivity contribution in [1.82, 2.24) is 0 Å². The highest BCUT2D eigenvalue weighted by Gasteiger charge is 2.97. The van der Waals surface area contributed by atoms with Gasteiger partial charge in [-0.15, -0.1) is 0 Å². The van der Waals surface area contributed by atoms with Crippen LogP contribution in [0.4, 0.5) is 83.4 Å². The minimum atomic E-state index is -9.18. The molecule has 0 N–H and O–H groups in total. The summed E-state index contributed by atoms with van der Waals surface area (Å²) in [6.07, 6.45) is -8.01. The molecule has 5 nitrogen and oxygen atoms in total. The highest BCUT2D eigenvalue weighted by molar-refractivity contribution is 7.91. The van der Waals surface area contributed by atoms with Gasteiger partial charge in [0.25, 0.3) is 0 Å². The third-order valence-corrected chi connectivity index (χ3v) is 4.75. The van der Waals surface area contributed by atoms with E-state index in [0.29, 0.717) is 0 Å². The van der Waals surface area contributed by atoms with Crippen molar-refractivity contribution < 1.29 is 91.8 Å². The molecule has 0 aliphatic carbocycles. The third-order valence-electron chi connectivity index (χ3n) is 3.56. The number of sulfonamides is 1. The molecule has 0 atom stereocenters. The Bertz CT molecular complexity index is 945. The van der Waals surface area contributed by atoms with Crippen molar-refractivity contribution in [3.63, 3.8) is 0 Å². The number of rotatable bonds is 9. The number of hydrogen-bond acceptors (Lipinski definition) is 2. The van der Waals surface area contributed by atoms with E-state index in [-0.39, 0.29) is 0 Å². The van der Waals surface area contributed by atoms with Crippen molar-refractivity contribution in [1.29, 1.82) is 0 Å². The van der Waals surface area contributed by atoms with Crippen LogP contribution in [0.15, 0.2) is 4.52 Å². The molecular weight excluding hydrogens is 575 g/mol. The van der Waals surface area contributed by atoms with E-state index in [1.165, 1.54) is 0 Å². The topological polar surface area (TPSA) is 82.9 Å². The van der Waals surface area contributed by atoms with E-state index in [1.54, 1.807) is 0 Å². The molecule has 25 heteroatoms. The first-order valence-corrected chi connectivity index (χ1v) is 8.15. The fourth-order valence-corrected chi connectivity index (χ4v) is 2.26. The van der Waals surface area contributed by atoms with E-state index in [2.05, 4.69) is 0 Å². The molecule has 0 spiro atoms. The largest absolute Gasteiger partial charge is 0.460 e. The molecule has 0 saturated carbocycles. The number of halogens is 19. The molecule has 0 amide bonds. The molecule has 0 fully saturated rings. The van der Waals surface area contributed by atoms with Gasteiger partial charge in [-0.1, -0.05) is 0 Å². The summed E-state index contributed by atoms with van der Waals surface area (Å²) in [7, 11) is -7.80. The van der Waals surface area contributed by atoms with Gasteiger partial charge in [0.05, 0.1) is 0 Å². The van der Waals surface area contributed by atoms with E-state index < -0.39 is 62.9 Å². The van der Waals surface area contributed by atoms with Crippen molar-refractivity contribution in [2.24, 2.45) is 4.52 Å². The quantitative estimate of drug-likeness (QED) is 0.142. The maximum atomic E-state index is 13.3. The second-order valence-electron chi connectivity index (χ2n) is 5.68. The Morgan fingerprint density at radius 3 is 0.941 bits per heavy atom. The van der Waals surface area contributed by atoms with Gasteiger partial charge >= 0.3 is 62.9 Å². The molecule has 0 aromatic heterocycles. The van der Waals surface area contributed by atoms with Crippen molar-refractivity contribution in [2.75, 3.05) is 0 Å². The van der Waals surface area contributed by atoms with Crippen LogP contribution < -0.4 is 0 Å². The van der Waals surface area contributed by atoms with E-state index in [0.717, 1.165) is 9.43 Å². The SMILES string of the molecule is [N-]=[N+]=NS(=O)(=O)C(F)(F)C(F)(F)C(F)(F)C(F)(F)C(F)(F)C(F)(F)C(F)(F)C(F)(F)C(F)(F)F. The highest BCUT2D eigenvalue weighted by atomic mass is 32.2. The fraction of sp³-hybridized carbons (Fsp3) is 1.00. The molecule has 202 valence electrons. The van der Waals surface area contributed by atoms with Crippen LogP contribution in [0.3, 0.4) is 0 Å². The van der Waals surface area contributed by atoms with E-state index >= 15 is 0 Å². The zero-order valence-corrected chi connectivity index (χ0v) is 15.1. The van der Waals surface area contributed by atoms with E-state index in [9.17, 15) is 91.8 Å². The van der Waals surface area contributed by atoms with Crippen molar-refractivity contribution >= 4 is 10.0 Å². The lowest BCUT2D eigenvalue weighted by molar-refractivity contribution is -0.466. The van der Waals surface area contributed by atoms with Crippen molar-refractivity contribution in [3.05, 3.63) is 10.4 Å². The minimum Gasteiger partial charge on any atom is -0.214 e. The van der Waals surface area contributed by atoms with Gasteiger partial charge in [0.15, 0.2) is 0 Å². The Balaban J connectivity index is 7.17. The van der Waals surface area contributed by atoms with Gasteiger partial charge in [-0.25, -0.2) is 8.42 Å². The molecule has 0 heterocycles. The number of alkyl halides is 19. The minimum absolute atomic E-state index is 0.764. The molecule has 0 saturated heterocycles. The van der Waals surface area contributed by atoms with Gasteiger partial charge < -0.3 is 0 Å². The number of azide groups is 1. The van der Waals surface area contributed by atoms with Gasteiger partial charge in [0.2, 0.25) is 0 Å². The predicted octanol–water partition coefficient (Wildman–Crippen LogP) is 6.23. The van der Waals surface area contributed by atoms with Gasteiger partial charge in [0.1, 0.15) is 0 Å². The smallest absolute Gasteiger partial charge is 0.214 e. The monoisotopic (exact) mass is 575 g/mol. The second-order valence-corrected chi connectivity index (χ2v) is 7.31. The van der Waals surface area contributed by atoms with Crippen LogP contribution in [0, 0.1) is 0 Å². The van der Waals surface area contributed by atoms with Crippen LogP contribution >= 0.6 is 0 Å². The summed E-state index contributed by atoms with van der Waals surface area (Å²) in [5.74, 6) is -62.3. The molecule has 0 aromatic rings. The second kappa shape index (κ2) is 7.71. The number of hydrogen-bond donors (Lipinski definition) is 0. The first-order valence-electron chi connectivity index (χ1n) is 6.71. The molecule has 0 bridgehead atoms. The highest BCUT2D eigenvalue weighted by Crippen LogP contribution is 2.65. The zero-order valence-electron chi connectivity index (χ0n) is 14.2. The summed E-state index contributed by atoms with van der Waals surface area (Å²) < 4.78 is 268. The molecule has 0 aromatic carbocycles. The Labute approximate surface area is 171 Å². The molecule has 0 unspecified atom stereocenters. The predicted molar refractivity (Wildman–Crippen MR) is 63.7 cm³/mol. The Morgan fingerprint density at radius 1 is 0.471 bits per heavy atom. The van der Waals surface area contributed by atoms with E-state index in [1.807, 2.05) is 0 Å². The standard InChI is InChI=1S/C9F19N3O2S/c10-1(11,2(12,13)4(16,17)6(20,21)8(24,25)26)3(14,15)5(18,19)7(22,23)9(27,28)34(32,33)31-30-29. The summed E-state index contributed by atoms with van der Waals surface area (Å²) >= 11 is 0. The van der Waals surface area contributed by atoms with Crippen LogP contribution in [0.1, 0.15) is 0 Å². The van der Waals surface area contributed by atoms with Crippen LogP contribution in [-0.4, -0.2) is 61.3 Å². The molecule has 0 radical (unpaired) electrons. The lowest BCUT2D eigenvalue weighted by Gasteiger charge is -2.43. The first-order chi connectivity index (χ1) is 14.3. The maximum absolute atomic E-state index is 13.3. The Hall–Kier alpha value is -2.07. The molecular formula is C9F19N3O2S. The summed E-state index contributed by atoms with van der Waals surface area (Å²) in [4.78, 5) is 0.836. The van der Waals surface area contributed by atoms with Crippen LogP contribution in [0.2, 0.25) is 0 Å². The normalized spacial score (nSPS) is 16.3. The first kappa shape index (κ1) is 31.9. The maximum Gasteiger partial charge on any atom is 0.460 e. The van der Waals surface area contributed by atoms with Crippen LogP contribution in [0.25, 0.3) is 10.4 Å². The third kappa shape index (κ3) is 3.64. The average molecular weight is 575 g/mol. The Kier molecular flexibility index (Phi) is 7.24.